The molecule has 0 bridgehead atoms. The van der Waals surface area contributed by atoms with Crippen molar-refractivity contribution in [1.82, 2.24) is 10.2 Å². The van der Waals surface area contributed by atoms with Crippen molar-refractivity contribution in [3.8, 4) is 5.75 Å². The van der Waals surface area contributed by atoms with Gasteiger partial charge in [0.2, 0.25) is 5.91 Å². The fourth-order valence-electron chi connectivity index (χ4n) is 4.39. The van der Waals surface area contributed by atoms with E-state index in [9.17, 15) is 19.5 Å². The molecule has 9 nitrogen and oxygen atoms in total. The summed E-state index contributed by atoms with van der Waals surface area (Å²) in [5.41, 5.74) is 1.46. The number of rotatable bonds is 13. The van der Waals surface area contributed by atoms with Gasteiger partial charge >= 0.3 is 6.09 Å². The Morgan fingerprint density at radius 1 is 0.951 bits per heavy atom. The van der Waals surface area contributed by atoms with E-state index in [2.05, 4.69) is 24.5 Å². The van der Waals surface area contributed by atoms with Crippen LogP contribution in [-0.2, 0) is 20.7 Å². The summed E-state index contributed by atoms with van der Waals surface area (Å²) >= 11 is 0. The summed E-state index contributed by atoms with van der Waals surface area (Å²) in [4.78, 5) is 42.2. The van der Waals surface area contributed by atoms with E-state index in [0.717, 1.165) is 18.4 Å². The van der Waals surface area contributed by atoms with Gasteiger partial charge in [-0.15, -0.1) is 0 Å². The Morgan fingerprint density at radius 3 is 2.05 bits per heavy atom. The van der Waals surface area contributed by atoms with Gasteiger partial charge in [-0.05, 0) is 88.3 Å². The van der Waals surface area contributed by atoms with E-state index in [0.29, 0.717) is 29.3 Å². The third-order valence-electron chi connectivity index (χ3n) is 6.65. The first-order valence-electron chi connectivity index (χ1n) is 14.3. The maximum absolute atomic E-state index is 14.1. The molecule has 0 aromatic heterocycles. The summed E-state index contributed by atoms with van der Waals surface area (Å²) in [6.07, 6.45) is 1.43. The summed E-state index contributed by atoms with van der Waals surface area (Å²) < 4.78 is 10.6. The Hall–Kier alpha value is -3.59. The van der Waals surface area contributed by atoms with Crippen molar-refractivity contribution in [2.45, 2.75) is 91.5 Å². The van der Waals surface area contributed by atoms with Crippen LogP contribution in [0.1, 0.15) is 78.5 Å². The van der Waals surface area contributed by atoms with Gasteiger partial charge < -0.3 is 30.1 Å². The van der Waals surface area contributed by atoms with Crippen molar-refractivity contribution in [1.29, 1.82) is 0 Å². The zero-order chi connectivity index (χ0) is 30.7. The van der Waals surface area contributed by atoms with Crippen molar-refractivity contribution in [3.63, 3.8) is 0 Å². The van der Waals surface area contributed by atoms with Crippen molar-refractivity contribution < 1.29 is 29.0 Å². The zero-order valence-corrected chi connectivity index (χ0v) is 25.7. The van der Waals surface area contributed by atoms with E-state index in [1.54, 1.807) is 52.1 Å². The minimum Gasteiger partial charge on any atom is -0.497 e. The molecule has 0 aliphatic carbocycles. The molecule has 9 heteroatoms. The number of carbonyl (C=O) groups excluding carboxylic acids is 3. The molecular formula is C32H47N3O6. The first-order chi connectivity index (χ1) is 19.3. The van der Waals surface area contributed by atoms with E-state index in [1.807, 2.05) is 38.1 Å². The normalized spacial score (nSPS) is 13.6. The third-order valence-corrected chi connectivity index (χ3v) is 6.65. The molecule has 3 amide bonds. The van der Waals surface area contributed by atoms with Gasteiger partial charge in [0.25, 0.3) is 5.91 Å². The van der Waals surface area contributed by atoms with Gasteiger partial charge in [0.15, 0.2) is 0 Å². The molecule has 0 aliphatic rings. The highest BCUT2D eigenvalue weighted by Crippen LogP contribution is 2.29. The lowest BCUT2D eigenvalue weighted by Crippen LogP contribution is -2.56. The zero-order valence-electron chi connectivity index (χ0n) is 25.7. The Bertz CT molecular complexity index is 1130. The molecule has 3 unspecified atom stereocenters. The maximum atomic E-state index is 14.1. The SMILES string of the molecule is CCc1ccc(C(C(=O)Nc2ccc(OC)cc2)N(C(=O)C(CO)NC(=O)OC(C)(C)C)C(C)CCC(C)C)cc1. The lowest BCUT2D eigenvalue weighted by Gasteiger charge is -2.38. The van der Waals surface area contributed by atoms with Crippen LogP contribution in [0.15, 0.2) is 48.5 Å². The second-order valence-electron chi connectivity index (χ2n) is 11.7. The van der Waals surface area contributed by atoms with E-state index < -0.39 is 48.2 Å². The second kappa shape index (κ2) is 15.4. The van der Waals surface area contributed by atoms with Crippen LogP contribution in [0, 0.1) is 5.92 Å². The van der Waals surface area contributed by atoms with E-state index >= 15 is 0 Å². The van der Waals surface area contributed by atoms with E-state index in [4.69, 9.17) is 9.47 Å². The lowest BCUT2D eigenvalue weighted by atomic mass is 9.96. The van der Waals surface area contributed by atoms with Crippen LogP contribution in [0.4, 0.5) is 10.5 Å². The fourth-order valence-corrected chi connectivity index (χ4v) is 4.39. The van der Waals surface area contributed by atoms with Crippen LogP contribution >= 0.6 is 0 Å². The highest BCUT2D eigenvalue weighted by atomic mass is 16.6. The number of hydrogen-bond donors (Lipinski definition) is 3. The summed E-state index contributed by atoms with van der Waals surface area (Å²) in [6, 6.07) is 11.8. The molecule has 0 radical (unpaired) electrons. The van der Waals surface area contributed by atoms with Crippen molar-refractivity contribution in [2.75, 3.05) is 19.0 Å². The summed E-state index contributed by atoms with van der Waals surface area (Å²) in [5, 5.41) is 15.6. The molecule has 3 atom stereocenters. The third kappa shape index (κ3) is 10.4. The molecule has 0 saturated heterocycles. The van der Waals surface area contributed by atoms with Gasteiger partial charge in [0.05, 0.1) is 13.7 Å². The van der Waals surface area contributed by atoms with Crippen LogP contribution in [0.25, 0.3) is 0 Å². The number of methoxy groups -OCH3 is 1. The van der Waals surface area contributed by atoms with Gasteiger partial charge in [0, 0.05) is 11.7 Å². The molecule has 2 aromatic rings. The molecule has 0 fully saturated rings. The number of aliphatic hydroxyl groups is 1. The number of nitrogens with one attached hydrogen (secondary N) is 2. The molecule has 2 rings (SSSR count). The molecule has 41 heavy (non-hydrogen) atoms. The Labute approximate surface area is 244 Å². The molecule has 0 heterocycles. The molecular weight excluding hydrogens is 522 g/mol. The average Bonchev–Trinajstić information content (AvgIpc) is 2.92. The van der Waals surface area contributed by atoms with Crippen LogP contribution < -0.4 is 15.4 Å². The summed E-state index contributed by atoms with van der Waals surface area (Å²) in [7, 11) is 1.56. The molecule has 0 saturated carbocycles. The molecule has 0 spiro atoms. The monoisotopic (exact) mass is 569 g/mol. The smallest absolute Gasteiger partial charge is 0.408 e. The molecule has 2 aromatic carbocycles. The van der Waals surface area contributed by atoms with Gasteiger partial charge in [0.1, 0.15) is 23.4 Å². The number of amides is 3. The molecule has 0 aliphatic heterocycles. The van der Waals surface area contributed by atoms with Crippen molar-refractivity contribution in [3.05, 3.63) is 59.7 Å². The molecule has 226 valence electrons. The quantitative estimate of drug-likeness (QED) is 0.294. The predicted octanol–water partition coefficient (Wildman–Crippen LogP) is 5.48. The fraction of sp³-hybridized carbons (Fsp3) is 0.531. The lowest BCUT2D eigenvalue weighted by molar-refractivity contribution is -0.144. The van der Waals surface area contributed by atoms with Crippen LogP contribution in [0.2, 0.25) is 0 Å². The van der Waals surface area contributed by atoms with E-state index in [-0.39, 0.29) is 0 Å². The number of benzene rings is 2. The summed E-state index contributed by atoms with van der Waals surface area (Å²) in [6.45, 7) is 12.6. The number of carbonyl (C=O) groups is 3. The number of nitrogens with zero attached hydrogens (tertiary/aromatic N) is 1. The Morgan fingerprint density at radius 2 is 1.56 bits per heavy atom. The standard InChI is InChI=1S/C32H47N3O6/c1-9-23-12-14-24(15-13-23)28(29(37)33-25-16-18-26(40-8)19-17-25)35(22(4)11-10-21(2)3)30(38)27(20-36)34-31(39)41-32(5,6)7/h12-19,21-22,27-28,36H,9-11,20H2,1-8H3,(H,33,37)(H,34,39). The average molecular weight is 570 g/mol. The van der Waals surface area contributed by atoms with Crippen molar-refractivity contribution >= 4 is 23.6 Å². The minimum absolute atomic E-state index is 0.373. The minimum atomic E-state index is -1.31. The Kier molecular flexibility index (Phi) is 12.6. The van der Waals surface area contributed by atoms with Gasteiger partial charge in [-0.2, -0.15) is 0 Å². The van der Waals surface area contributed by atoms with Crippen LogP contribution in [0.3, 0.4) is 0 Å². The van der Waals surface area contributed by atoms with Crippen LogP contribution in [0.5, 0.6) is 5.75 Å². The number of alkyl carbamates (subject to hydrolysis) is 1. The summed E-state index contributed by atoms with van der Waals surface area (Å²) in [5.74, 6) is 0.0216. The number of ether oxygens (including phenoxy) is 2. The number of anilines is 1. The highest BCUT2D eigenvalue weighted by molar-refractivity contribution is 5.99. The maximum Gasteiger partial charge on any atom is 0.408 e. The van der Waals surface area contributed by atoms with Crippen LogP contribution in [-0.4, -0.2) is 59.3 Å². The first kappa shape index (κ1) is 33.6. The first-order valence-corrected chi connectivity index (χ1v) is 14.3. The van der Waals surface area contributed by atoms with Gasteiger partial charge in [-0.1, -0.05) is 45.0 Å². The number of aryl methyl sites for hydroxylation is 1. The highest BCUT2D eigenvalue weighted by Gasteiger charge is 2.38. The van der Waals surface area contributed by atoms with Crippen molar-refractivity contribution in [2.24, 2.45) is 5.92 Å². The topological polar surface area (TPSA) is 117 Å². The van der Waals surface area contributed by atoms with Gasteiger partial charge in [-0.25, -0.2) is 4.79 Å². The van der Waals surface area contributed by atoms with E-state index in [1.165, 1.54) is 4.90 Å². The second-order valence-corrected chi connectivity index (χ2v) is 11.7. The van der Waals surface area contributed by atoms with Gasteiger partial charge in [-0.3, -0.25) is 9.59 Å². The Balaban J connectivity index is 2.56. The number of aliphatic hydroxyl groups excluding tert-OH is 1. The predicted molar refractivity (Wildman–Crippen MR) is 161 cm³/mol. The largest absolute Gasteiger partial charge is 0.497 e. The number of hydrogen-bond acceptors (Lipinski definition) is 6. The molecule has 3 N–H and O–H groups in total.